The van der Waals surface area contributed by atoms with Crippen LogP contribution < -0.4 is 10.2 Å². The number of aryl methyl sites for hydroxylation is 1. The van der Waals surface area contributed by atoms with E-state index in [0.29, 0.717) is 5.56 Å². The molecule has 0 aliphatic heterocycles. The molecule has 120 valence electrons. The lowest BCUT2D eigenvalue weighted by Crippen LogP contribution is -2.26. The van der Waals surface area contributed by atoms with Crippen LogP contribution in [0.2, 0.25) is 0 Å². The second-order valence-electron chi connectivity index (χ2n) is 5.60. The Balaban J connectivity index is 1.82. The summed E-state index contributed by atoms with van der Waals surface area (Å²) in [7, 11) is 1.76. The van der Waals surface area contributed by atoms with Crippen molar-refractivity contribution in [3.63, 3.8) is 0 Å². The Morgan fingerprint density at radius 2 is 1.71 bits per heavy atom. The van der Waals surface area contributed by atoms with E-state index in [4.69, 9.17) is 0 Å². The number of hydrogen-bond donors (Lipinski definition) is 1. The highest BCUT2D eigenvalue weighted by Gasteiger charge is 2.14. The van der Waals surface area contributed by atoms with Crippen molar-refractivity contribution in [2.45, 2.75) is 6.92 Å². The number of para-hydroxylation sites is 2. The predicted molar refractivity (Wildman–Crippen MR) is 97.9 cm³/mol. The maximum Gasteiger partial charge on any atom is 0.259 e. The van der Waals surface area contributed by atoms with Gasteiger partial charge in [-0.2, -0.15) is 0 Å². The van der Waals surface area contributed by atoms with Crippen LogP contribution in [-0.4, -0.2) is 17.9 Å². The number of rotatable bonds is 4. The van der Waals surface area contributed by atoms with Gasteiger partial charge in [0.25, 0.3) is 5.91 Å². The number of nitrogens with zero attached hydrogens (tertiary/aromatic N) is 2. The van der Waals surface area contributed by atoms with E-state index in [2.05, 4.69) is 10.3 Å². The molecule has 3 rings (SSSR count). The van der Waals surface area contributed by atoms with Crippen LogP contribution in [0.1, 0.15) is 15.9 Å². The second kappa shape index (κ2) is 6.96. The molecule has 0 radical (unpaired) electrons. The monoisotopic (exact) mass is 317 g/mol. The highest BCUT2D eigenvalue weighted by atomic mass is 16.2. The summed E-state index contributed by atoms with van der Waals surface area (Å²) in [5, 5.41) is 3.31. The van der Waals surface area contributed by atoms with Gasteiger partial charge < -0.3 is 10.2 Å². The number of carbonyl (C=O) groups excluding carboxylic acids is 1. The maximum atomic E-state index is 12.7. The Kier molecular flexibility index (Phi) is 4.57. The van der Waals surface area contributed by atoms with Gasteiger partial charge >= 0.3 is 0 Å². The summed E-state index contributed by atoms with van der Waals surface area (Å²) in [5.74, 6) is -0.0952. The van der Waals surface area contributed by atoms with Crippen molar-refractivity contribution in [2.75, 3.05) is 17.3 Å². The molecule has 1 aromatic heterocycles. The standard InChI is InChI=1S/C20H19N3O/c1-15-8-6-7-11-19(15)22-17-12-16(13-21-14-17)20(24)23(2)18-9-4-3-5-10-18/h3-14,22H,1-2H3. The van der Waals surface area contributed by atoms with E-state index >= 15 is 0 Å². The Morgan fingerprint density at radius 1 is 1.00 bits per heavy atom. The van der Waals surface area contributed by atoms with Crippen molar-refractivity contribution in [3.05, 3.63) is 84.2 Å². The van der Waals surface area contributed by atoms with Crippen LogP contribution in [0.5, 0.6) is 0 Å². The fourth-order valence-electron chi connectivity index (χ4n) is 2.46. The number of nitrogens with one attached hydrogen (secondary N) is 1. The molecule has 3 aromatic rings. The Morgan fingerprint density at radius 3 is 2.46 bits per heavy atom. The zero-order chi connectivity index (χ0) is 16.9. The second-order valence-corrected chi connectivity index (χ2v) is 5.60. The molecule has 0 fully saturated rings. The van der Waals surface area contributed by atoms with Crippen LogP contribution in [0.15, 0.2) is 73.1 Å². The molecule has 1 N–H and O–H groups in total. The molecule has 0 aliphatic carbocycles. The number of benzene rings is 2. The predicted octanol–water partition coefficient (Wildman–Crippen LogP) is 4.41. The molecule has 0 bridgehead atoms. The smallest absolute Gasteiger partial charge is 0.259 e. The molecular formula is C20H19N3O. The summed E-state index contributed by atoms with van der Waals surface area (Å²) in [6.45, 7) is 2.04. The molecule has 1 amide bonds. The summed E-state index contributed by atoms with van der Waals surface area (Å²) in [6.07, 6.45) is 3.30. The summed E-state index contributed by atoms with van der Waals surface area (Å²) >= 11 is 0. The molecule has 0 unspecified atom stereocenters. The summed E-state index contributed by atoms with van der Waals surface area (Å²) in [5.41, 5.74) is 4.31. The lowest BCUT2D eigenvalue weighted by molar-refractivity contribution is 0.0992. The van der Waals surface area contributed by atoms with Gasteiger partial charge in [0.15, 0.2) is 0 Å². The van der Waals surface area contributed by atoms with Gasteiger partial charge in [-0.3, -0.25) is 9.78 Å². The quantitative estimate of drug-likeness (QED) is 0.775. The van der Waals surface area contributed by atoms with E-state index in [9.17, 15) is 4.79 Å². The molecule has 0 spiro atoms. The third-order valence-electron chi connectivity index (χ3n) is 3.86. The Labute approximate surface area is 141 Å². The van der Waals surface area contributed by atoms with Crippen LogP contribution in [0.25, 0.3) is 0 Å². The molecule has 4 nitrogen and oxygen atoms in total. The van der Waals surface area contributed by atoms with Crippen molar-refractivity contribution < 1.29 is 4.79 Å². The van der Waals surface area contributed by atoms with E-state index in [1.165, 1.54) is 0 Å². The zero-order valence-electron chi connectivity index (χ0n) is 13.7. The fourth-order valence-corrected chi connectivity index (χ4v) is 2.46. The molecule has 0 saturated heterocycles. The largest absolute Gasteiger partial charge is 0.354 e. The number of amides is 1. The molecule has 2 aromatic carbocycles. The topological polar surface area (TPSA) is 45.2 Å². The Hall–Kier alpha value is -3.14. The third kappa shape index (κ3) is 3.43. The highest BCUT2D eigenvalue weighted by Crippen LogP contribution is 2.21. The van der Waals surface area contributed by atoms with E-state index in [1.807, 2.05) is 67.6 Å². The third-order valence-corrected chi connectivity index (χ3v) is 3.86. The van der Waals surface area contributed by atoms with Crippen LogP contribution in [0.3, 0.4) is 0 Å². The lowest BCUT2D eigenvalue weighted by Gasteiger charge is -2.17. The minimum atomic E-state index is -0.0952. The average molecular weight is 317 g/mol. The van der Waals surface area contributed by atoms with Crippen molar-refractivity contribution in [3.8, 4) is 0 Å². The molecular weight excluding hydrogens is 298 g/mol. The first-order valence-corrected chi connectivity index (χ1v) is 7.76. The minimum absolute atomic E-state index is 0.0952. The average Bonchev–Trinajstić information content (AvgIpc) is 2.63. The van der Waals surface area contributed by atoms with Crippen LogP contribution >= 0.6 is 0 Å². The summed E-state index contributed by atoms with van der Waals surface area (Å²) in [6, 6.07) is 19.4. The lowest BCUT2D eigenvalue weighted by atomic mass is 10.2. The van der Waals surface area contributed by atoms with E-state index in [1.54, 1.807) is 24.3 Å². The summed E-state index contributed by atoms with van der Waals surface area (Å²) < 4.78 is 0. The van der Waals surface area contributed by atoms with Crippen molar-refractivity contribution in [1.29, 1.82) is 0 Å². The summed E-state index contributed by atoms with van der Waals surface area (Å²) in [4.78, 5) is 18.5. The molecule has 0 aliphatic rings. The SMILES string of the molecule is Cc1ccccc1Nc1cncc(C(=O)N(C)c2ccccc2)c1. The van der Waals surface area contributed by atoms with Gasteiger partial charge in [-0.1, -0.05) is 36.4 Å². The van der Waals surface area contributed by atoms with Gasteiger partial charge in [0.05, 0.1) is 17.4 Å². The minimum Gasteiger partial charge on any atom is -0.354 e. The van der Waals surface area contributed by atoms with E-state index in [-0.39, 0.29) is 5.91 Å². The van der Waals surface area contributed by atoms with Gasteiger partial charge in [0.2, 0.25) is 0 Å². The van der Waals surface area contributed by atoms with Crippen molar-refractivity contribution >= 4 is 23.0 Å². The first kappa shape index (κ1) is 15.7. The molecule has 0 saturated carbocycles. The normalized spacial score (nSPS) is 10.2. The maximum absolute atomic E-state index is 12.7. The first-order valence-electron chi connectivity index (χ1n) is 7.76. The molecule has 4 heteroatoms. The number of hydrogen-bond acceptors (Lipinski definition) is 3. The van der Waals surface area contributed by atoms with E-state index < -0.39 is 0 Å². The van der Waals surface area contributed by atoms with Gasteiger partial charge in [-0.05, 0) is 36.8 Å². The van der Waals surface area contributed by atoms with Crippen LogP contribution in [0, 0.1) is 6.92 Å². The van der Waals surface area contributed by atoms with Gasteiger partial charge in [-0.15, -0.1) is 0 Å². The van der Waals surface area contributed by atoms with E-state index in [0.717, 1.165) is 22.6 Å². The van der Waals surface area contributed by atoms with Gasteiger partial charge in [-0.25, -0.2) is 0 Å². The number of aromatic nitrogens is 1. The fraction of sp³-hybridized carbons (Fsp3) is 0.100. The number of anilines is 3. The van der Waals surface area contributed by atoms with Crippen molar-refractivity contribution in [1.82, 2.24) is 4.98 Å². The zero-order valence-corrected chi connectivity index (χ0v) is 13.7. The number of carbonyl (C=O) groups is 1. The van der Waals surface area contributed by atoms with Gasteiger partial charge in [0.1, 0.15) is 0 Å². The van der Waals surface area contributed by atoms with Gasteiger partial charge in [0, 0.05) is 24.6 Å². The number of pyridine rings is 1. The Bertz CT molecular complexity index is 846. The van der Waals surface area contributed by atoms with Crippen molar-refractivity contribution in [2.24, 2.45) is 0 Å². The molecule has 24 heavy (non-hydrogen) atoms. The van der Waals surface area contributed by atoms with Crippen LogP contribution in [0.4, 0.5) is 17.1 Å². The first-order chi connectivity index (χ1) is 11.6. The van der Waals surface area contributed by atoms with Crippen LogP contribution in [-0.2, 0) is 0 Å². The molecule has 0 atom stereocenters. The highest BCUT2D eigenvalue weighted by molar-refractivity contribution is 6.06. The molecule has 1 heterocycles.